The van der Waals surface area contributed by atoms with E-state index in [1.54, 1.807) is 6.07 Å². The van der Waals surface area contributed by atoms with E-state index in [4.69, 9.17) is 5.11 Å². The van der Waals surface area contributed by atoms with Gasteiger partial charge in [0.25, 0.3) is 0 Å². The Kier molecular flexibility index (Phi) is 4.49. The lowest BCUT2D eigenvalue weighted by atomic mass is 10.1. The summed E-state index contributed by atoms with van der Waals surface area (Å²) in [5.41, 5.74) is 0. The summed E-state index contributed by atoms with van der Waals surface area (Å²) < 4.78 is 26.7. The summed E-state index contributed by atoms with van der Waals surface area (Å²) in [5, 5.41) is 8.88. The van der Waals surface area contributed by atoms with Gasteiger partial charge in [-0.1, -0.05) is 13.8 Å². The van der Waals surface area contributed by atoms with Crippen LogP contribution < -0.4 is 4.72 Å². The molecule has 16 heavy (non-hydrogen) atoms. The Morgan fingerprint density at radius 3 is 2.44 bits per heavy atom. The third-order valence-electron chi connectivity index (χ3n) is 2.40. The van der Waals surface area contributed by atoms with Crippen molar-refractivity contribution in [3.8, 4) is 0 Å². The summed E-state index contributed by atoms with van der Waals surface area (Å²) in [6.45, 7) is 5.63. The Balaban J connectivity index is 2.86. The quantitative estimate of drug-likeness (QED) is 0.847. The Morgan fingerprint density at radius 2 is 2.00 bits per heavy atom. The van der Waals surface area contributed by atoms with Gasteiger partial charge in [0, 0.05) is 10.9 Å². The van der Waals surface area contributed by atoms with Crippen LogP contribution in [-0.2, 0) is 16.6 Å². The molecule has 0 aliphatic carbocycles. The van der Waals surface area contributed by atoms with Crippen LogP contribution in [0, 0.1) is 5.92 Å². The molecule has 1 atom stereocenters. The highest BCUT2D eigenvalue weighted by Gasteiger charge is 2.20. The van der Waals surface area contributed by atoms with E-state index in [1.807, 2.05) is 20.8 Å². The van der Waals surface area contributed by atoms with Gasteiger partial charge < -0.3 is 5.11 Å². The molecule has 0 amide bonds. The topological polar surface area (TPSA) is 66.4 Å². The molecule has 6 heteroatoms. The van der Waals surface area contributed by atoms with E-state index in [9.17, 15) is 8.42 Å². The van der Waals surface area contributed by atoms with Crippen LogP contribution in [0.3, 0.4) is 0 Å². The lowest BCUT2D eigenvalue weighted by molar-refractivity contribution is 0.285. The molecule has 1 unspecified atom stereocenters. The van der Waals surface area contributed by atoms with Crippen LogP contribution in [0.1, 0.15) is 25.6 Å². The zero-order chi connectivity index (χ0) is 12.3. The first-order valence-corrected chi connectivity index (χ1v) is 7.38. The normalized spacial score (nSPS) is 14.3. The number of nitrogens with one attached hydrogen (secondary N) is 1. The molecule has 0 spiro atoms. The lowest BCUT2D eigenvalue weighted by Gasteiger charge is -2.16. The Bertz CT molecular complexity index is 437. The second-order valence-corrected chi connectivity index (χ2v) is 7.14. The smallest absolute Gasteiger partial charge is 0.250 e. The molecule has 0 aromatic carbocycles. The van der Waals surface area contributed by atoms with E-state index in [2.05, 4.69) is 4.72 Å². The van der Waals surface area contributed by atoms with Crippen LogP contribution in [0.25, 0.3) is 0 Å². The molecular formula is C10H17NO3S2. The van der Waals surface area contributed by atoms with Crippen molar-refractivity contribution in [2.75, 3.05) is 0 Å². The third kappa shape index (κ3) is 3.28. The van der Waals surface area contributed by atoms with E-state index >= 15 is 0 Å². The van der Waals surface area contributed by atoms with Gasteiger partial charge in [0.2, 0.25) is 10.0 Å². The minimum Gasteiger partial charge on any atom is -0.391 e. The van der Waals surface area contributed by atoms with Gasteiger partial charge in [0.05, 0.1) is 6.61 Å². The predicted octanol–water partition coefficient (Wildman–Crippen LogP) is 1.56. The first kappa shape index (κ1) is 13.6. The maximum Gasteiger partial charge on any atom is 0.250 e. The van der Waals surface area contributed by atoms with E-state index in [1.165, 1.54) is 6.07 Å². The Morgan fingerprint density at radius 1 is 1.38 bits per heavy atom. The summed E-state index contributed by atoms with van der Waals surface area (Å²) in [4.78, 5) is 0.651. The first-order valence-electron chi connectivity index (χ1n) is 5.08. The molecule has 0 aliphatic heterocycles. The second kappa shape index (κ2) is 5.27. The SMILES string of the molecule is CC(C)C(C)NS(=O)(=O)c1ccc(CO)s1. The molecule has 1 aromatic heterocycles. The van der Waals surface area contributed by atoms with Crippen LogP contribution in [0.4, 0.5) is 0 Å². The number of thiophene rings is 1. The highest BCUT2D eigenvalue weighted by atomic mass is 32.2. The molecule has 0 aliphatic rings. The molecule has 92 valence electrons. The summed E-state index contributed by atoms with van der Waals surface area (Å²) in [7, 11) is -3.44. The van der Waals surface area contributed by atoms with Crippen LogP contribution in [0.5, 0.6) is 0 Å². The fraction of sp³-hybridized carbons (Fsp3) is 0.600. The van der Waals surface area contributed by atoms with Gasteiger partial charge in [-0.25, -0.2) is 13.1 Å². The average molecular weight is 263 g/mol. The number of aliphatic hydroxyl groups excluding tert-OH is 1. The van der Waals surface area contributed by atoms with Crippen molar-refractivity contribution < 1.29 is 13.5 Å². The van der Waals surface area contributed by atoms with Crippen molar-refractivity contribution in [3.63, 3.8) is 0 Å². The molecular weight excluding hydrogens is 246 g/mol. The highest BCUT2D eigenvalue weighted by Crippen LogP contribution is 2.22. The van der Waals surface area contributed by atoms with Crippen molar-refractivity contribution in [2.24, 2.45) is 5.92 Å². The van der Waals surface area contributed by atoms with Gasteiger partial charge in [-0.3, -0.25) is 0 Å². The fourth-order valence-electron chi connectivity index (χ4n) is 1.03. The Labute approximate surface area is 100 Å². The van der Waals surface area contributed by atoms with Crippen LogP contribution >= 0.6 is 11.3 Å². The molecule has 0 bridgehead atoms. The minimum atomic E-state index is -3.44. The number of hydrogen-bond acceptors (Lipinski definition) is 4. The van der Waals surface area contributed by atoms with Gasteiger partial charge in [0.15, 0.2) is 0 Å². The monoisotopic (exact) mass is 263 g/mol. The molecule has 1 aromatic rings. The van der Waals surface area contributed by atoms with E-state index in [-0.39, 0.29) is 22.8 Å². The van der Waals surface area contributed by atoms with Crippen molar-refractivity contribution in [1.82, 2.24) is 4.72 Å². The first-order chi connectivity index (χ1) is 7.36. The summed E-state index contributed by atoms with van der Waals surface area (Å²) in [5.74, 6) is 0.243. The molecule has 0 fully saturated rings. The number of sulfonamides is 1. The van der Waals surface area contributed by atoms with E-state index in [0.29, 0.717) is 4.88 Å². The number of hydrogen-bond donors (Lipinski definition) is 2. The van der Waals surface area contributed by atoms with Crippen LogP contribution in [0.15, 0.2) is 16.3 Å². The van der Waals surface area contributed by atoms with Gasteiger partial charge in [0.1, 0.15) is 4.21 Å². The largest absolute Gasteiger partial charge is 0.391 e. The molecule has 2 N–H and O–H groups in total. The highest BCUT2D eigenvalue weighted by molar-refractivity contribution is 7.91. The summed E-state index contributed by atoms with van der Waals surface area (Å²) in [6, 6.07) is 3.04. The molecule has 1 rings (SSSR count). The zero-order valence-electron chi connectivity index (χ0n) is 9.60. The molecule has 0 saturated carbocycles. The summed E-state index contributed by atoms with van der Waals surface area (Å²) in [6.07, 6.45) is 0. The maximum atomic E-state index is 11.9. The van der Waals surface area contributed by atoms with Crippen LogP contribution in [0.2, 0.25) is 0 Å². The van der Waals surface area contributed by atoms with Gasteiger partial charge in [-0.2, -0.15) is 0 Å². The molecule has 4 nitrogen and oxygen atoms in total. The minimum absolute atomic E-state index is 0.107. The Hall–Kier alpha value is -0.430. The molecule has 0 saturated heterocycles. The van der Waals surface area contributed by atoms with Crippen molar-refractivity contribution in [3.05, 3.63) is 17.0 Å². The van der Waals surface area contributed by atoms with Crippen LogP contribution in [-0.4, -0.2) is 19.6 Å². The van der Waals surface area contributed by atoms with Crippen molar-refractivity contribution in [1.29, 1.82) is 0 Å². The van der Waals surface area contributed by atoms with Gasteiger partial charge in [-0.05, 0) is 25.0 Å². The standard InChI is InChI=1S/C10H17NO3S2/c1-7(2)8(3)11-16(13,14)10-5-4-9(6-12)15-10/h4-5,7-8,11-12H,6H2,1-3H3. The zero-order valence-corrected chi connectivity index (χ0v) is 11.2. The second-order valence-electron chi connectivity index (χ2n) is 4.03. The molecule has 1 heterocycles. The van der Waals surface area contributed by atoms with Gasteiger partial charge >= 0.3 is 0 Å². The van der Waals surface area contributed by atoms with Crippen molar-refractivity contribution in [2.45, 2.75) is 37.6 Å². The third-order valence-corrected chi connectivity index (χ3v) is 5.52. The van der Waals surface area contributed by atoms with E-state index in [0.717, 1.165) is 11.3 Å². The van der Waals surface area contributed by atoms with E-state index < -0.39 is 10.0 Å². The lowest BCUT2D eigenvalue weighted by Crippen LogP contribution is -2.35. The number of aliphatic hydroxyl groups is 1. The molecule has 0 radical (unpaired) electrons. The average Bonchev–Trinajstić information content (AvgIpc) is 2.65. The van der Waals surface area contributed by atoms with Gasteiger partial charge in [-0.15, -0.1) is 11.3 Å². The fourth-order valence-corrected chi connectivity index (χ4v) is 3.65. The maximum absolute atomic E-state index is 11.9. The number of rotatable bonds is 5. The van der Waals surface area contributed by atoms with Crippen molar-refractivity contribution >= 4 is 21.4 Å². The predicted molar refractivity (Wildman–Crippen MR) is 64.9 cm³/mol. The summed E-state index contributed by atoms with van der Waals surface area (Å²) >= 11 is 1.09.